The van der Waals surface area contributed by atoms with Crippen LogP contribution in [0, 0.1) is 6.92 Å². The molecule has 4 nitrogen and oxygen atoms in total. The second kappa shape index (κ2) is 4.55. The largest absolute Gasteiger partial charge is 0.242 e. The first-order chi connectivity index (χ1) is 7.79. The van der Waals surface area contributed by atoms with Crippen LogP contribution in [0.15, 0.2) is 41.4 Å². The zero-order chi connectivity index (χ0) is 11.4. The first kappa shape index (κ1) is 10.3. The van der Waals surface area contributed by atoms with Crippen molar-refractivity contribution in [2.45, 2.75) is 13.5 Å². The molecule has 0 spiro atoms. The molecule has 0 aliphatic rings. The smallest absolute Gasteiger partial charge is 0.242 e. The van der Waals surface area contributed by atoms with Gasteiger partial charge in [-0.15, -0.1) is 4.99 Å². The minimum absolute atomic E-state index is 0.538. The van der Waals surface area contributed by atoms with Gasteiger partial charge in [-0.1, -0.05) is 30.3 Å². The van der Waals surface area contributed by atoms with Gasteiger partial charge in [0.1, 0.15) is 0 Å². The van der Waals surface area contributed by atoms with Gasteiger partial charge in [0.25, 0.3) is 0 Å². The lowest BCUT2D eigenvalue weighted by Gasteiger charge is -2.02. The van der Waals surface area contributed by atoms with Crippen molar-refractivity contribution in [3.8, 4) is 0 Å². The second-order valence-corrected chi connectivity index (χ2v) is 3.49. The predicted octanol–water partition coefficient (Wildman–Crippen LogP) is 2.21. The molecule has 1 heterocycles. The molecule has 0 bridgehead atoms. The van der Waals surface area contributed by atoms with E-state index in [0.29, 0.717) is 12.4 Å². The molecule has 0 amide bonds. The van der Waals surface area contributed by atoms with Crippen molar-refractivity contribution in [1.82, 2.24) is 9.78 Å². The fraction of sp³-hybridized carbons (Fsp3) is 0.167. The van der Waals surface area contributed by atoms with Crippen molar-refractivity contribution < 1.29 is 4.79 Å². The number of carbonyl (C=O) groups excluding carboxylic acids is 1. The number of aryl methyl sites for hydroxylation is 1. The first-order valence-electron chi connectivity index (χ1n) is 4.96. The average Bonchev–Trinajstić information content (AvgIpc) is 2.61. The third kappa shape index (κ3) is 2.24. The molecule has 0 aliphatic heterocycles. The van der Waals surface area contributed by atoms with Gasteiger partial charge in [0.15, 0.2) is 5.82 Å². The first-order valence-corrected chi connectivity index (χ1v) is 4.96. The lowest BCUT2D eigenvalue weighted by atomic mass is 10.2. The minimum atomic E-state index is 0.538. The molecule has 0 N–H and O–H groups in total. The summed E-state index contributed by atoms with van der Waals surface area (Å²) in [7, 11) is 0. The number of nitrogens with zero attached hydrogens (tertiary/aromatic N) is 3. The predicted molar refractivity (Wildman–Crippen MR) is 60.3 cm³/mol. The van der Waals surface area contributed by atoms with Crippen molar-refractivity contribution in [2.75, 3.05) is 0 Å². The average molecular weight is 213 g/mol. The van der Waals surface area contributed by atoms with Crippen molar-refractivity contribution in [3.05, 3.63) is 47.7 Å². The Bertz CT molecular complexity index is 524. The van der Waals surface area contributed by atoms with Gasteiger partial charge in [-0.05, 0) is 12.5 Å². The highest BCUT2D eigenvalue weighted by atomic mass is 16.1. The van der Waals surface area contributed by atoms with E-state index in [9.17, 15) is 4.79 Å². The third-order valence-electron chi connectivity index (χ3n) is 2.22. The normalized spacial score (nSPS) is 9.81. The number of rotatable bonds is 3. The Balaban J connectivity index is 2.31. The maximum Gasteiger partial charge on any atom is 0.242 e. The molecule has 1 aromatic carbocycles. The van der Waals surface area contributed by atoms with E-state index in [1.54, 1.807) is 10.7 Å². The quantitative estimate of drug-likeness (QED) is 0.579. The summed E-state index contributed by atoms with van der Waals surface area (Å²) in [6.45, 7) is 2.47. The standard InChI is InChI=1S/C12H11N3O/c1-10-7-12(13-9-16)15(14-10)8-11-5-3-2-4-6-11/h2-7H,8H2,1H3. The van der Waals surface area contributed by atoms with E-state index in [1.807, 2.05) is 37.3 Å². The van der Waals surface area contributed by atoms with Crippen molar-refractivity contribution in [3.63, 3.8) is 0 Å². The van der Waals surface area contributed by atoms with Crippen LogP contribution in [-0.4, -0.2) is 15.9 Å². The van der Waals surface area contributed by atoms with Crippen LogP contribution in [0.2, 0.25) is 0 Å². The molecule has 0 radical (unpaired) electrons. The Morgan fingerprint density at radius 3 is 2.81 bits per heavy atom. The molecule has 0 aliphatic carbocycles. The van der Waals surface area contributed by atoms with Gasteiger partial charge in [0, 0.05) is 6.07 Å². The zero-order valence-corrected chi connectivity index (χ0v) is 8.92. The maximum atomic E-state index is 10.3. The molecule has 0 saturated carbocycles. The topological polar surface area (TPSA) is 47.2 Å². The molecule has 0 saturated heterocycles. The lowest BCUT2D eigenvalue weighted by Crippen LogP contribution is -2.01. The van der Waals surface area contributed by atoms with E-state index in [-0.39, 0.29) is 0 Å². The van der Waals surface area contributed by atoms with Gasteiger partial charge in [0.2, 0.25) is 6.08 Å². The summed E-state index contributed by atoms with van der Waals surface area (Å²) >= 11 is 0. The number of hydrogen-bond donors (Lipinski definition) is 0. The summed E-state index contributed by atoms with van der Waals surface area (Å²) in [6.07, 6.45) is 1.54. The van der Waals surface area contributed by atoms with E-state index in [1.165, 1.54) is 6.08 Å². The summed E-state index contributed by atoms with van der Waals surface area (Å²) in [5, 5.41) is 4.27. The summed E-state index contributed by atoms with van der Waals surface area (Å²) in [4.78, 5) is 13.9. The Morgan fingerprint density at radius 2 is 2.12 bits per heavy atom. The van der Waals surface area contributed by atoms with Crippen molar-refractivity contribution in [1.29, 1.82) is 0 Å². The Kier molecular flexibility index (Phi) is 2.94. The van der Waals surface area contributed by atoms with E-state index < -0.39 is 0 Å². The van der Waals surface area contributed by atoms with Crippen LogP contribution in [0.3, 0.4) is 0 Å². The molecule has 0 fully saturated rings. The van der Waals surface area contributed by atoms with Gasteiger partial charge in [-0.2, -0.15) is 5.10 Å². The number of benzene rings is 1. The van der Waals surface area contributed by atoms with E-state index in [0.717, 1.165) is 11.3 Å². The van der Waals surface area contributed by atoms with Crippen LogP contribution in [0.25, 0.3) is 0 Å². The van der Waals surface area contributed by atoms with Gasteiger partial charge < -0.3 is 0 Å². The maximum absolute atomic E-state index is 10.3. The van der Waals surface area contributed by atoms with Crippen molar-refractivity contribution in [2.24, 2.45) is 4.99 Å². The lowest BCUT2D eigenvalue weighted by molar-refractivity contribution is 0.564. The van der Waals surface area contributed by atoms with Gasteiger partial charge >= 0.3 is 0 Å². The van der Waals surface area contributed by atoms with Crippen LogP contribution >= 0.6 is 0 Å². The molecular weight excluding hydrogens is 202 g/mol. The van der Waals surface area contributed by atoms with E-state index in [2.05, 4.69) is 10.1 Å². The number of aliphatic imine (C=N–C) groups is 1. The fourth-order valence-corrected chi connectivity index (χ4v) is 1.54. The number of isocyanates is 1. The van der Waals surface area contributed by atoms with Crippen LogP contribution in [0.5, 0.6) is 0 Å². The van der Waals surface area contributed by atoms with E-state index in [4.69, 9.17) is 0 Å². The molecular formula is C12H11N3O. The SMILES string of the molecule is Cc1cc(N=C=O)n(Cc2ccccc2)n1. The highest BCUT2D eigenvalue weighted by Crippen LogP contribution is 2.15. The molecule has 4 heteroatoms. The molecule has 0 unspecified atom stereocenters. The third-order valence-corrected chi connectivity index (χ3v) is 2.22. The molecule has 80 valence electrons. The zero-order valence-electron chi connectivity index (χ0n) is 8.92. The summed E-state index contributed by atoms with van der Waals surface area (Å²) in [6, 6.07) is 11.7. The summed E-state index contributed by atoms with van der Waals surface area (Å²) in [5.74, 6) is 0.538. The van der Waals surface area contributed by atoms with Gasteiger partial charge in [-0.25, -0.2) is 9.48 Å². The highest BCUT2D eigenvalue weighted by molar-refractivity contribution is 5.45. The Morgan fingerprint density at radius 1 is 1.38 bits per heavy atom. The summed E-state index contributed by atoms with van der Waals surface area (Å²) in [5.41, 5.74) is 1.96. The monoisotopic (exact) mass is 213 g/mol. The minimum Gasteiger partial charge on any atom is -0.242 e. The molecule has 0 atom stereocenters. The van der Waals surface area contributed by atoms with Crippen molar-refractivity contribution >= 4 is 11.9 Å². The highest BCUT2D eigenvalue weighted by Gasteiger charge is 2.04. The van der Waals surface area contributed by atoms with Gasteiger partial charge in [0.05, 0.1) is 12.2 Å². The van der Waals surface area contributed by atoms with Crippen LogP contribution in [-0.2, 0) is 11.3 Å². The van der Waals surface area contributed by atoms with Gasteiger partial charge in [-0.3, -0.25) is 0 Å². The Hall–Kier alpha value is -2.19. The van der Waals surface area contributed by atoms with E-state index >= 15 is 0 Å². The van der Waals surface area contributed by atoms with Crippen LogP contribution < -0.4 is 0 Å². The molecule has 1 aromatic heterocycles. The number of aromatic nitrogens is 2. The van der Waals surface area contributed by atoms with Crippen LogP contribution in [0.4, 0.5) is 5.82 Å². The molecule has 2 rings (SSSR count). The molecule has 16 heavy (non-hydrogen) atoms. The van der Waals surface area contributed by atoms with Crippen LogP contribution in [0.1, 0.15) is 11.3 Å². The second-order valence-electron chi connectivity index (χ2n) is 3.49. The Labute approximate surface area is 93.2 Å². The molecule has 2 aromatic rings. The summed E-state index contributed by atoms with van der Waals surface area (Å²) < 4.78 is 1.69. The number of hydrogen-bond acceptors (Lipinski definition) is 3. The fourth-order valence-electron chi connectivity index (χ4n) is 1.54.